The number of rotatable bonds is 2. The van der Waals surface area contributed by atoms with Gasteiger partial charge >= 0.3 is 5.97 Å². The highest BCUT2D eigenvalue weighted by Crippen LogP contribution is 2.11. The number of carbonyl (C=O) groups is 1. The van der Waals surface area contributed by atoms with E-state index in [1.54, 1.807) is 23.0 Å². The summed E-state index contributed by atoms with van der Waals surface area (Å²) in [5.41, 5.74) is 2.51. The van der Waals surface area contributed by atoms with Gasteiger partial charge in [0.1, 0.15) is 0 Å². The normalized spacial score (nSPS) is 10.1. The molecule has 2 aromatic rings. The quantitative estimate of drug-likeness (QED) is 0.721. The molecule has 2 rings (SSSR count). The van der Waals surface area contributed by atoms with Crippen molar-refractivity contribution in [1.82, 2.24) is 9.78 Å². The summed E-state index contributed by atoms with van der Waals surface area (Å²) < 4.78 is 6.44. The largest absolute Gasteiger partial charge is 0.465 e. The first-order valence-electron chi connectivity index (χ1n) is 4.92. The van der Waals surface area contributed by atoms with Crippen molar-refractivity contribution < 1.29 is 9.53 Å². The molecule has 0 unspecified atom stereocenters. The zero-order valence-electron chi connectivity index (χ0n) is 9.18. The second-order valence-electron chi connectivity index (χ2n) is 3.42. The first-order chi connectivity index (χ1) is 7.72. The highest BCUT2D eigenvalue weighted by molar-refractivity contribution is 5.89. The van der Waals surface area contributed by atoms with E-state index in [0.717, 1.165) is 11.4 Å². The van der Waals surface area contributed by atoms with Crippen LogP contribution < -0.4 is 0 Å². The van der Waals surface area contributed by atoms with Gasteiger partial charge in [-0.3, -0.25) is 0 Å². The number of benzene rings is 1. The smallest absolute Gasteiger partial charge is 0.337 e. The predicted molar refractivity (Wildman–Crippen MR) is 59.6 cm³/mol. The van der Waals surface area contributed by atoms with Crippen LogP contribution in [0.2, 0.25) is 0 Å². The molecule has 0 radical (unpaired) electrons. The second-order valence-corrected chi connectivity index (χ2v) is 3.42. The fourth-order valence-corrected chi connectivity index (χ4v) is 1.50. The molecule has 4 heteroatoms. The van der Waals surface area contributed by atoms with Crippen LogP contribution in [0.5, 0.6) is 0 Å². The molecular weight excluding hydrogens is 204 g/mol. The number of aryl methyl sites for hydroxylation is 1. The van der Waals surface area contributed by atoms with Gasteiger partial charge in [-0.15, -0.1) is 0 Å². The van der Waals surface area contributed by atoms with E-state index in [-0.39, 0.29) is 5.97 Å². The van der Waals surface area contributed by atoms with E-state index in [4.69, 9.17) is 0 Å². The summed E-state index contributed by atoms with van der Waals surface area (Å²) in [6, 6.07) is 9.05. The van der Waals surface area contributed by atoms with E-state index < -0.39 is 0 Å². The van der Waals surface area contributed by atoms with E-state index in [9.17, 15) is 4.79 Å². The Morgan fingerprint density at radius 3 is 2.44 bits per heavy atom. The molecule has 0 fully saturated rings. The summed E-state index contributed by atoms with van der Waals surface area (Å²) in [4.78, 5) is 11.2. The van der Waals surface area contributed by atoms with Crippen LogP contribution in [0.3, 0.4) is 0 Å². The Kier molecular flexibility index (Phi) is 2.72. The molecule has 1 aromatic carbocycles. The summed E-state index contributed by atoms with van der Waals surface area (Å²) >= 11 is 0. The molecule has 0 bridgehead atoms. The van der Waals surface area contributed by atoms with Crippen LogP contribution >= 0.6 is 0 Å². The van der Waals surface area contributed by atoms with Crippen LogP contribution in [0, 0.1) is 6.92 Å². The summed E-state index contributed by atoms with van der Waals surface area (Å²) in [5, 5.41) is 4.18. The first kappa shape index (κ1) is 10.4. The van der Waals surface area contributed by atoms with Crippen molar-refractivity contribution in [2.75, 3.05) is 7.11 Å². The SMILES string of the molecule is COC(=O)c1ccc(-n2nccc2C)cc1. The Hall–Kier alpha value is -2.10. The van der Waals surface area contributed by atoms with E-state index >= 15 is 0 Å². The average molecular weight is 216 g/mol. The van der Waals surface area contributed by atoms with E-state index in [1.165, 1.54) is 7.11 Å². The maximum Gasteiger partial charge on any atom is 0.337 e. The minimum atomic E-state index is -0.330. The Morgan fingerprint density at radius 2 is 1.94 bits per heavy atom. The maximum absolute atomic E-state index is 11.2. The highest BCUT2D eigenvalue weighted by atomic mass is 16.5. The summed E-state index contributed by atoms with van der Waals surface area (Å²) in [7, 11) is 1.37. The lowest BCUT2D eigenvalue weighted by Gasteiger charge is -2.05. The number of nitrogens with zero attached hydrogens (tertiary/aromatic N) is 2. The van der Waals surface area contributed by atoms with Crippen LogP contribution in [0.15, 0.2) is 36.5 Å². The molecule has 0 amide bonds. The molecule has 1 aromatic heterocycles. The Morgan fingerprint density at radius 1 is 1.25 bits per heavy atom. The van der Waals surface area contributed by atoms with Crippen molar-refractivity contribution in [3.05, 3.63) is 47.8 Å². The Labute approximate surface area is 93.5 Å². The van der Waals surface area contributed by atoms with E-state index in [0.29, 0.717) is 5.56 Å². The van der Waals surface area contributed by atoms with Crippen molar-refractivity contribution in [2.45, 2.75) is 6.92 Å². The van der Waals surface area contributed by atoms with Gasteiger partial charge in [0, 0.05) is 11.9 Å². The fraction of sp³-hybridized carbons (Fsp3) is 0.167. The third kappa shape index (κ3) is 1.82. The van der Waals surface area contributed by atoms with Gasteiger partial charge in [-0.2, -0.15) is 5.10 Å². The topological polar surface area (TPSA) is 44.1 Å². The minimum absolute atomic E-state index is 0.330. The number of hydrogen-bond acceptors (Lipinski definition) is 3. The van der Waals surface area contributed by atoms with Gasteiger partial charge in [0.2, 0.25) is 0 Å². The predicted octanol–water partition coefficient (Wildman–Crippen LogP) is 1.97. The molecule has 16 heavy (non-hydrogen) atoms. The van der Waals surface area contributed by atoms with Gasteiger partial charge in [0.05, 0.1) is 18.4 Å². The molecule has 0 spiro atoms. The first-order valence-corrected chi connectivity index (χ1v) is 4.92. The van der Waals surface area contributed by atoms with Crippen LogP contribution in [-0.4, -0.2) is 22.9 Å². The van der Waals surface area contributed by atoms with Gasteiger partial charge in [-0.25, -0.2) is 9.48 Å². The highest BCUT2D eigenvalue weighted by Gasteiger charge is 2.05. The third-order valence-electron chi connectivity index (χ3n) is 2.36. The number of aromatic nitrogens is 2. The number of methoxy groups -OCH3 is 1. The van der Waals surface area contributed by atoms with Crippen molar-refractivity contribution >= 4 is 5.97 Å². The molecule has 82 valence electrons. The van der Waals surface area contributed by atoms with Gasteiger partial charge in [-0.1, -0.05) is 0 Å². The van der Waals surface area contributed by atoms with Gasteiger partial charge < -0.3 is 4.74 Å². The van der Waals surface area contributed by atoms with Gasteiger partial charge in [0.15, 0.2) is 0 Å². The number of esters is 1. The molecule has 0 saturated carbocycles. The molecule has 0 saturated heterocycles. The average Bonchev–Trinajstić information content (AvgIpc) is 2.75. The zero-order chi connectivity index (χ0) is 11.5. The lowest BCUT2D eigenvalue weighted by Crippen LogP contribution is -2.03. The van der Waals surface area contributed by atoms with E-state index in [2.05, 4.69) is 9.84 Å². The maximum atomic E-state index is 11.2. The molecular formula is C12H12N2O2. The van der Waals surface area contributed by atoms with Crippen LogP contribution in [-0.2, 0) is 4.74 Å². The number of ether oxygens (including phenoxy) is 1. The van der Waals surface area contributed by atoms with Crippen LogP contribution in [0.4, 0.5) is 0 Å². The molecule has 4 nitrogen and oxygen atoms in total. The Balaban J connectivity index is 2.33. The van der Waals surface area contributed by atoms with Crippen molar-refractivity contribution in [3.8, 4) is 5.69 Å². The third-order valence-corrected chi connectivity index (χ3v) is 2.36. The van der Waals surface area contributed by atoms with Crippen LogP contribution in [0.25, 0.3) is 5.69 Å². The number of hydrogen-bond donors (Lipinski definition) is 0. The van der Waals surface area contributed by atoms with Gasteiger partial charge in [0.25, 0.3) is 0 Å². The fourth-order valence-electron chi connectivity index (χ4n) is 1.50. The summed E-state index contributed by atoms with van der Waals surface area (Å²) in [6.45, 7) is 1.97. The molecule has 0 aliphatic rings. The molecule has 1 heterocycles. The van der Waals surface area contributed by atoms with Crippen molar-refractivity contribution in [2.24, 2.45) is 0 Å². The molecule has 0 aliphatic carbocycles. The van der Waals surface area contributed by atoms with Crippen LogP contribution in [0.1, 0.15) is 16.1 Å². The van der Waals surface area contributed by atoms with Gasteiger partial charge in [-0.05, 0) is 37.3 Å². The zero-order valence-corrected chi connectivity index (χ0v) is 9.18. The van der Waals surface area contributed by atoms with Crippen molar-refractivity contribution in [1.29, 1.82) is 0 Å². The monoisotopic (exact) mass is 216 g/mol. The Bertz CT molecular complexity index is 500. The second kappa shape index (κ2) is 4.18. The molecule has 0 atom stereocenters. The standard InChI is InChI=1S/C12H12N2O2/c1-9-7-8-13-14(9)11-5-3-10(4-6-11)12(15)16-2/h3-8H,1-2H3. The lowest BCUT2D eigenvalue weighted by atomic mass is 10.2. The summed E-state index contributed by atoms with van der Waals surface area (Å²) in [6.07, 6.45) is 1.74. The van der Waals surface area contributed by atoms with Crippen molar-refractivity contribution in [3.63, 3.8) is 0 Å². The molecule has 0 aliphatic heterocycles. The minimum Gasteiger partial charge on any atom is -0.465 e. The molecule has 0 N–H and O–H groups in total. The number of carbonyl (C=O) groups excluding carboxylic acids is 1. The van der Waals surface area contributed by atoms with E-state index in [1.807, 2.05) is 25.1 Å². The lowest BCUT2D eigenvalue weighted by molar-refractivity contribution is 0.0601. The summed E-state index contributed by atoms with van der Waals surface area (Å²) in [5.74, 6) is -0.330.